The Morgan fingerprint density at radius 2 is 1.41 bits per heavy atom. The Hall–Kier alpha value is -6.93. The number of hydrogen-bond donors (Lipinski definition) is 8. The number of unbranched alkanes of at least 4 members (excludes halogenated alkanes) is 4. The number of amides is 5. The van der Waals surface area contributed by atoms with Gasteiger partial charge in [0.05, 0.1) is 94.7 Å². The molecule has 23 nitrogen and oxygen atoms in total. The van der Waals surface area contributed by atoms with E-state index in [4.69, 9.17) is 40.7 Å². The lowest BCUT2D eigenvalue weighted by Gasteiger charge is -2.33. The summed E-state index contributed by atoms with van der Waals surface area (Å²) in [6, 6.07) is 19.4. The minimum absolute atomic E-state index is 0.00740. The average Bonchev–Trinajstić information content (AvgIpc) is 3.45. The SMILES string of the molecule is CCCCCCCSC(CC=O)C(=O)N(C)CCC=O.CNCCC(=O)N1Cc2ccccc2/C(N(N)CCOCCOCCOCCOCCC(=O)NCc2ccc(NC(=O)NC(CC(=O)O)C(=O)O)cc2)=C(/N)c2ccccc21. The van der Waals surface area contributed by atoms with E-state index in [0.717, 1.165) is 52.7 Å². The third kappa shape index (κ3) is 26.5. The molecule has 0 saturated carbocycles. The molecule has 81 heavy (non-hydrogen) atoms. The number of hydrazine groups is 1. The number of carboxylic acids is 2. The largest absolute Gasteiger partial charge is 0.481 e. The van der Waals surface area contributed by atoms with Crippen molar-refractivity contribution in [3.05, 3.63) is 95.1 Å². The first-order chi connectivity index (χ1) is 39.1. The molecule has 0 saturated heterocycles. The summed E-state index contributed by atoms with van der Waals surface area (Å²) in [5.41, 5.74) is 12.3. The molecule has 10 N–H and O–H groups in total. The Balaban J connectivity index is 0.000000729. The Labute approximate surface area is 479 Å². The van der Waals surface area contributed by atoms with Crippen molar-refractivity contribution in [3.8, 4) is 0 Å². The number of nitrogens with zero attached hydrogens (tertiary/aromatic N) is 3. The van der Waals surface area contributed by atoms with Gasteiger partial charge < -0.3 is 80.6 Å². The highest BCUT2D eigenvalue weighted by Crippen LogP contribution is 2.36. The zero-order valence-electron chi connectivity index (χ0n) is 46.9. The fourth-order valence-corrected chi connectivity index (χ4v) is 9.20. The van der Waals surface area contributed by atoms with E-state index in [2.05, 4.69) is 28.2 Å². The first kappa shape index (κ1) is 68.3. The number of fused-ring (bicyclic) bond motifs is 2. The molecule has 1 aliphatic rings. The van der Waals surface area contributed by atoms with Gasteiger partial charge in [-0.15, -0.1) is 11.8 Å². The molecule has 0 bridgehead atoms. The number of anilines is 2. The second kappa shape index (κ2) is 40.3. The van der Waals surface area contributed by atoms with Gasteiger partial charge in [-0.2, -0.15) is 0 Å². The van der Waals surface area contributed by atoms with Crippen LogP contribution < -0.4 is 37.7 Å². The maximum Gasteiger partial charge on any atom is 0.326 e. The second-order valence-corrected chi connectivity index (χ2v) is 19.9. The van der Waals surface area contributed by atoms with Gasteiger partial charge in [0, 0.05) is 69.2 Å². The van der Waals surface area contributed by atoms with Gasteiger partial charge in [0.1, 0.15) is 18.6 Å². The lowest BCUT2D eigenvalue weighted by atomic mass is 9.95. The summed E-state index contributed by atoms with van der Waals surface area (Å²) in [6.07, 6.45) is 7.94. The van der Waals surface area contributed by atoms with Crippen LogP contribution in [0.3, 0.4) is 0 Å². The molecule has 0 aromatic heterocycles. The lowest BCUT2D eigenvalue weighted by molar-refractivity contribution is -0.145. The minimum atomic E-state index is -1.58. The van der Waals surface area contributed by atoms with Crippen molar-refractivity contribution in [1.82, 2.24) is 25.9 Å². The molecule has 0 fully saturated rings. The lowest BCUT2D eigenvalue weighted by Crippen LogP contribution is -2.44. The number of benzene rings is 3. The van der Waals surface area contributed by atoms with Gasteiger partial charge in [-0.1, -0.05) is 87.2 Å². The molecule has 4 rings (SSSR count). The fourth-order valence-electron chi connectivity index (χ4n) is 8.01. The van der Waals surface area contributed by atoms with Crippen molar-refractivity contribution in [2.24, 2.45) is 11.6 Å². The summed E-state index contributed by atoms with van der Waals surface area (Å²) in [4.78, 5) is 96.0. The molecule has 3 aromatic rings. The third-order valence-electron chi connectivity index (χ3n) is 12.4. The highest BCUT2D eigenvalue weighted by atomic mass is 32.2. The highest BCUT2D eigenvalue weighted by molar-refractivity contribution is 8.00. The zero-order valence-corrected chi connectivity index (χ0v) is 47.7. The summed E-state index contributed by atoms with van der Waals surface area (Å²) < 4.78 is 22.4. The summed E-state index contributed by atoms with van der Waals surface area (Å²) in [5.74, 6) is 4.46. The molecule has 446 valence electrons. The first-order valence-corrected chi connectivity index (χ1v) is 28.3. The molecule has 3 aromatic carbocycles. The van der Waals surface area contributed by atoms with E-state index in [1.807, 2.05) is 55.6 Å². The number of nitrogens with one attached hydrogen (secondary N) is 4. The summed E-state index contributed by atoms with van der Waals surface area (Å²) in [7, 11) is 3.50. The summed E-state index contributed by atoms with van der Waals surface area (Å²) in [5, 5.41) is 29.5. The number of carboxylic acid groups (broad SMARTS) is 2. The molecule has 2 unspecified atom stereocenters. The number of para-hydroxylation sites is 1. The maximum atomic E-state index is 13.3. The van der Waals surface area contributed by atoms with Gasteiger partial charge >= 0.3 is 18.0 Å². The molecule has 0 spiro atoms. The molecule has 2 atom stereocenters. The van der Waals surface area contributed by atoms with Crippen molar-refractivity contribution in [2.45, 2.75) is 95.5 Å². The molecule has 1 aliphatic heterocycles. The Morgan fingerprint density at radius 3 is 2.04 bits per heavy atom. The third-order valence-corrected chi connectivity index (χ3v) is 13.7. The molecule has 1 heterocycles. The van der Waals surface area contributed by atoms with E-state index >= 15 is 0 Å². The van der Waals surface area contributed by atoms with Gasteiger partial charge in [-0.05, 0) is 48.5 Å². The van der Waals surface area contributed by atoms with Crippen molar-refractivity contribution in [2.75, 3.05) is 103 Å². The standard InChI is InChI=1S/C42H56N8O11.C15H27NO3S/c1-45-16-14-37(52)49-28-30-6-2-3-7-32(30)40(39(43)33-8-4-5-9-35(33)49)50(44)17-19-59-21-23-61-25-24-60-22-20-58-18-15-36(51)46-27-29-10-12-31(13-11-29)47-42(57)48-34(41(55)56)26-38(53)54;1-3-4-5-6-7-13-20-14(9-12-18)15(19)16(2)10-8-11-17/h2-13,34,45H,14-28,43-44H2,1H3,(H,46,51)(H,53,54)(H,55,56)(H2,47,48,57);11-12,14H,3-10,13H2,1-2H3/b40-39-;. The Bertz CT molecular complexity index is 2450. The van der Waals surface area contributed by atoms with E-state index in [-0.39, 0.29) is 49.0 Å². The first-order valence-electron chi connectivity index (χ1n) is 27.2. The van der Waals surface area contributed by atoms with Gasteiger partial charge in [0.25, 0.3) is 0 Å². The van der Waals surface area contributed by atoms with Crippen LogP contribution in [0.5, 0.6) is 0 Å². The van der Waals surface area contributed by atoms with Crippen molar-refractivity contribution >= 4 is 82.8 Å². The van der Waals surface area contributed by atoms with Gasteiger partial charge in [0.2, 0.25) is 17.7 Å². The molecular formula is C57H83N9O14S. The summed E-state index contributed by atoms with van der Waals surface area (Å²) >= 11 is 1.56. The normalized spacial score (nSPS) is 13.4. The van der Waals surface area contributed by atoms with Crippen LogP contribution in [0.4, 0.5) is 16.2 Å². The highest BCUT2D eigenvalue weighted by Gasteiger charge is 2.28. The van der Waals surface area contributed by atoms with Gasteiger partial charge in [-0.3, -0.25) is 19.2 Å². The quantitative estimate of drug-likeness (QED) is 0.0167. The number of carbonyl (C=O) groups excluding carboxylic acids is 6. The Kier molecular flexibility index (Phi) is 34.0. The van der Waals surface area contributed by atoms with Crippen LogP contribution in [0.25, 0.3) is 11.4 Å². The predicted octanol–water partition coefficient (Wildman–Crippen LogP) is 4.62. The number of ether oxygens (including phenoxy) is 4. The van der Waals surface area contributed by atoms with E-state index in [9.17, 15) is 38.4 Å². The number of aliphatic carboxylic acids is 2. The number of rotatable bonds is 39. The van der Waals surface area contributed by atoms with E-state index in [0.29, 0.717) is 102 Å². The number of hydrogen-bond acceptors (Lipinski definition) is 17. The molecule has 0 aliphatic carbocycles. The molecule has 5 amide bonds. The molecule has 24 heteroatoms. The van der Waals surface area contributed by atoms with Crippen LogP contribution in [-0.4, -0.2) is 172 Å². The van der Waals surface area contributed by atoms with Crippen LogP contribution in [-0.2, 0) is 65.6 Å². The van der Waals surface area contributed by atoms with Crippen molar-refractivity contribution in [3.63, 3.8) is 0 Å². The van der Waals surface area contributed by atoms with Crippen LogP contribution in [0.2, 0.25) is 0 Å². The van der Waals surface area contributed by atoms with Crippen LogP contribution >= 0.6 is 11.8 Å². The number of carbonyl (C=O) groups is 8. The smallest absolute Gasteiger partial charge is 0.326 e. The van der Waals surface area contributed by atoms with Crippen molar-refractivity contribution < 1.29 is 67.5 Å². The maximum absolute atomic E-state index is 13.3. The van der Waals surface area contributed by atoms with Crippen molar-refractivity contribution in [1.29, 1.82) is 0 Å². The number of aldehydes is 2. The van der Waals surface area contributed by atoms with Crippen LogP contribution in [0.15, 0.2) is 72.8 Å². The van der Waals surface area contributed by atoms with Gasteiger partial charge in [-0.25, -0.2) is 15.4 Å². The fraction of sp³-hybridized carbons (Fsp3) is 0.509. The van der Waals surface area contributed by atoms with E-state index in [1.54, 1.807) is 57.9 Å². The number of urea groups is 1. The monoisotopic (exact) mass is 1150 g/mol. The van der Waals surface area contributed by atoms with Crippen LogP contribution in [0.1, 0.15) is 93.4 Å². The average molecular weight is 1150 g/mol. The minimum Gasteiger partial charge on any atom is -0.481 e. The second-order valence-electron chi connectivity index (χ2n) is 18.6. The Morgan fingerprint density at radius 1 is 0.778 bits per heavy atom. The number of thioether (sulfide) groups is 1. The number of nitrogens with two attached hydrogens (primary N) is 2. The van der Waals surface area contributed by atoms with E-state index < -0.39 is 30.4 Å². The predicted molar refractivity (Wildman–Crippen MR) is 311 cm³/mol. The molecular weight excluding hydrogens is 1070 g/mol. The van der Waals surface area contributed by atoms with E-state index in [1.165, 1.54) is 25.7 Å². The van der Waals surface area contributed by atoms with Gasteiger partial charge in [0.15, 0.2) is 0 Å². The molecule has 0 radical (unpaired) electrons. The van der Waals surface area contributed by atoms with Crippen LogP contribution in [0, 0.1) is 0 Å². The summed E-state index contributed by atoms with van der Waals surface area (Å²) in [6.45, 7) is 6.76. The zero-order chi connectivity index (χ0) is 59.2. The topological polar surface area (TPSA) is 324 Å².